The molecule has 1 aliphatic heterocycles. The van der Waals surface area contributed by atoms with E-state index in [9.17, 15) is 13.2 Å². The number of para-hydroxylation sites is 1. The third-order valence-corrected chi connectivity index (χ3v) is 7.75. The van der Waals surface area contributed by atoms with Crippen molar-refractivity contribution >= 4 is 15.7 Å². The molecule has 6 heteroatoms. The zero-order valence-corrected chi connectivity index (χ0v) is 14.9. The maximum atomic E-state index is 12.6. The van der Waals surface area contributed by atoms with E-state index in [1.54, 1.807) is 4.90 Å². The topological polar surface area (TPSA) is 63.7 Å². The summed E-state index contributed by atoms with van der Waals surface area (Å²) in [6.45, 7) is 2.51. The fourth-order valence-corrected chi connectivity index (χ4v) is 5.77. The summed E-state index contributed by atoms with van der Waals surface area (Å²) < 4.78 is 30.7. The number of hydrogen-bond donors (Lipinski definition) is 0. The molecule has 132 valence electrons. The summed E-state index contributed by atoms with van der Waals surface area (Å²) in [6.07, 6.45) is 4.71. The van der Waals surface area contributed by atoms with Gasteiger partial charge in [-0.3, -0.25) is 4.79 Å². The Hall–Kier alpha value is -1.56. The van der Waals surface area contributed by atoms with Gasteiger partial charge in [-0.05, 0) is 31.4 Å². The average Bonchev–Trinajstić information content (AvgIpc) is 2.53. The Morgan fingerprint density at radius 2 is 1.79 bits per heavy atom. The normalized spacial score (nSPS) is 19.8. The highest BCUT2D eigenvalue weighted by atomic mass is 32.2. The number of amides is 1. The van der Waals surface area contributed by atoms with Crippen LogP contribution in [0.5, 0.6) is 5.75 Å². The van der Waals surface area contributed by atoms with Crippen LogP contribution in [0.3, 0.4) is 0 Å². The van der Waals surface area contributed by atoms with E-state index in [0.29, 0.717) is 18.8 Å². The predicted molar refractivity (Wildman–Crippen MR) is 92.8 cm³/mol. The van der Waals surface area contributed by atoms with Gasteiger partial charge in [0.2, 0.25) is 0 Å². The number of nitrogens with zero attached hydrogens (tertiary/aromatic N) is 1. The molecule has 0 bridgehead atoms. The van der Waals surface area contributed by atoms with Crippen LogP contribution in [0.15, 0.2) is 24.3 Å². The molecule has 2 fully saturated rings. The fourth-order valence-electron chi connectivity index (χ4n) is 3.46. The van der Waals surface area contributed by atoms with Crippen molar-refractivity contribution < 1.29 is 17.9 Å². The molecule has 0 radical (unpaired) electrons. The van der Waals surface area contributed by atoms with Crippen molar-refractivity contribution in [3.63, 3.8) is 0 Å². The van der Waals surface area contributed by atoms with Crippen LogP contribution < -0.4 is 4.74 Å². The number of carbonyl (C=O) groups is 1. The second-order valence-corrected chi connectivity index (χ2v) is 9.34. The van der Waals surface area contributed by atoms with Crippen molar-refractivity contribution in [2.75, 3.05) is 19.7 Å². The minimum absolute atomic E-state index is 0.0406. The molecule has 1 heterocycles. The third-order valence-electron chi connectivity index (χ3n) is 5.13. The molecule has 2 aliphatic rings. The Bertz CT molecular complexity index is 689. The Morgan fingerprint density at radius 1 is 1.12 bits per heavy atom. The SMILES string of the molecule is Cc1ccccc1OCC(=O)N1CC(S(=O)(=O)C2CCCCC2)C1. The maximum Gasteiger partial charge on any atom is 0.260 e. The summed E-state index contributed by atoms with van der Waals surface area (Å²) in [5, 5.41) is -0.584. The quantitative estimate of drug-likeness (QED) is 0.817. The number of carbonyl (C=O) groups excluding carboxylic acids is 1. The molecule has 3 rings (SSSR count). The number of benzene rings is 1. The smallest absolute Gasteiger partial charge is 0.260 e. The number of rotatable bonds is 5. The van der Waals surface area contributed by atoms with E-state index >= 15 is 0 Å². The summed E-state index contributed by atoms with van der Waals surface area (Å²) in [7, 11) is -3.10. The number of aryl methyl sites for hydroxylation is 1. The Labute approximate surface area is 143 Å². The minimum Gasteiger partial charge on any atom is -0.484 e. The van der Waals surface area contributed by atoms with Gasteiger partial charge in [-0.25, -0.2) is 8.42 Å². The lowest BCUT2D eigenvalue weighted by Gasteiger charge is -2.40. The van der Waals surface area contributed by atoms with Crippen molar-refractivity contribution in [1.29, 1.82) is 0 Å². The van der Waals surface area contributed by atoms with Crippen molar-refractivity contribution in [2.45, 2.75) is 49.5 Å². The lowest BCUT2D eigenvalue weighted by molar-refractivity contribution is -0.136. The van der Waals surface area contributed by atoms with Gasteiger partial charge in [0.25, 0.3) is 5.91 Å². The summed E-state index contributed by atoms with van der Waals surface area (Å²) in [5.74, 6) is 0.547. The fraction of sp³-hybridized carbons (Fsp3) is 0.611. The lowest BCUT2D eigenvalue weighted by atomic mass is 10.0. The zero-order chi connectivity index (χ0) is 17.2. The van der Waals surface area contributed by atoms with E-state index in [-0.39, 0.29) is 23.0 Å². The molecule has 1 aliphatic carbocycles. The van der Waals surface area contributed by atoms with Crippen LogP contribution in [0, 0.1) is 6.92 Å². The molecule has 0 atom stereocenters. The molecule has 5 nitrogen and oxygen atoms in total. The van der Waals surface area contributed by atoms with Crippen LogP contribution in [0.1, 0.15) is 37.7 Å². The van der Waals surface area contributed by atoms with Crippen LogP contribution in [-0.2, 0) is 14.6 Å². The Balaban J connectivity index is 1.49. The van der Waals surface area contributed by atoms with Gasteiger partial charge in [-0.15, -0.1) is 0 Å². The molecule has 1 aromatic carbocycles. The Morgan fingerprint density at radius 3 is 2.46 bits per heavy atom. The summed E-state index contributed by atoms with van der Waals surface area (Å²) in [6, 6.07) is 7.54. The molecular weight excluding hydrogens is 326 g/mol. The van der Waals surface area contributed by atoms with Crippen LogP contribution in [-0.4, -0.2) is 49.4 Å². The standard InChI is InChI=1S/C18H25NO4S/c1-14-7-5-6-10-17(14)23-13-18(20)19-11-16(12-19)24(21,22)15-8-3-2-4-9-15/h5-7,10,15-16H,2-4,8-9,11-13H2,1H3. The van der Waals surface area contributed by atoms with Crippen LogP contribution in [0.2, 0.25) is 0 Å². The highest BCUT2D eigenvalue weighted by molar-refractivity contribution is 7.92. The second kappa shape index (κ2) is 7.13. The third kappa shape index (κ3) is 3.58. The molecule has 1 saturated carbocycles. The number of ether oxygens (including phenoxy) is 1. The van der Waals surface area contributed by atoms with Crippen LogP contribution in [0.4, 0.5) is 0 Å². The summed E-state index contributed by atoms with van der Waals surface area (Å²) in [4.78, 5) is 13.8. The first kappa shape index (κ1) is 17.3. The first-order valence-electron chi connectivity index (χ1n) is 8.67. The van der Waals surface area contributed by atoms with Gasteiger partial charge in [0.05, 0.1) is 10.5 Å². The Kier molecular flexibility index (Phi) is 5.13. The predicted octanol–water partition coefficient (Wildman–Crippen LogP) is 2.33. The van der Waals surface area contributed by atoms with E-state index in [1.165, 1.54) is 0 Å². The number of sulfone groups is 1. The van der Waals surface area contributed by atoms with Gasteiger partial charge in [0.15, 0.2) is 16.4 Å². The van der Waals surface area contributed by atoms with Crippen molar-refractivity contribution in [2.24, 2.45) is 0 Å². The largest absolute Gasteiger partial charge is 0.484 e. The van der Waals surface area contributed by atoms with Gasteiger partial charge in [0, 0.05) is 13.1 Å². The molecule has 1 saturated heterocycles. The number of likely N-dealkylation sites (tertiary alicyclic amines) is 1. The minimum atomic E-state index is -3.10. The summed E-state index contributed by atoms with van der Waals surface area (Å²) in [5.41, 5.74) is 0.978. The van der Waals surface area contributed by atoms with E-state index in [2.05, 4.69) is 0 Å². The van der Waals surface area contributed by atoms with Gasteiger partial charge < -0.3 is 9.64 Å². The van der Waals surface area contributed by atoms with E-state index in [1.807, 2.05) is 31.2 Å². The number of hydrogen-bond acceptors (Lipinski definition) is 4. The van der Waals surface area contributed by atoms with Crippen LogP contribution in [0.25, 0.3) is 0 Å². The zero-order valence-electron chi connectivity index (χ0n) is 14.1. The van der Waals surface area contributed by atoms with Crippen molar-refractivity contribution in [3.8, 4) is 5.75 Å². The van der Waals surface area contributed by atoms with Gasteiger partial charge >= 0.3 is 0 Å². The van der Waals surface area contributed by atoms with Gasteiger partial charge in [0.1, 0.15) is 5.75 Å². The average molecular weight is 351 g/mol. The molecule has 1 aromatic rings. The molecule has 0 spiro atoms. The summed E-state index contributed by atoms with van der Waals surface area (Å²) >= 11 is 0. The highest BCUT2D eigenvalue weighted by Gasteiger charge is 2.43. The van der Waals surface area contributed by atoms with Gasteiger partial charge in [-0.2, -0.15) is 0 Å². The van der Waals surface area contributed by atoms with E-state index < -0.39 is 9.84 Å². The van der Waals surface area contributed by atoms with E-state index in [4.69, 9.17) is 4.74 Å². The molecule has 1 amide bonds. The molecule has 0 N–H and O–H groups in total. The second-order valence-electron chi connectivity index (χ2n) is 6.82. The van der Waals surface area contributed by atoms with E-state index in [0.717, 1.165) is 37.7 Å². The molecule has 24 heavy (non-hydrogen) atoms. The molecule has 0 aromatic heterocycles. The van der Waals surface area contributed by atoms with Crippen molar-refractivity contribution in [1.82, 2.24) is 4.90 Å². The van der Waals surface area contributed by atoms with Crippen molar-refractivity contribution in [3.05, 3.63) is 29.8 Å². The lowest BCUT2D eigenvalue weighted by Crippen LogP contribution is -2.59. The first-order chi connectivity index (χ1) is 11.5. The molecular formula is C18H25NO4S. The monoisotopic (exact) mass is 351 g/mol. The van der Waals surface area contributed by atoms with Gasteiger partial charge in [-0.1, -0.05) is 37.5 Å². The van der Waals surface area contributed by atoms with Crippen LogP contribution >= 0.6 is 0 Å². The highest BCUT2D eigenvalue weighted by Crippen LogP contribution is 2.29. The first-order valence-corrected chi connectivity index (χ1v) is 10.3. The maximum absolute atomic E-state index is 12.6. The molecule has 0 unspecified atom stereocenters.